The number of hydrogen-bond donors (Lipinski definition) is 4. The molecule has 1 unspecified atom stereocenters. The second-order valence-electron chi connectivity index (χ2n) is 14.2. The van der Waals surface area contributed by atoms with E-state index in [2.05, 4.69) is 6.92 Å². The van der Waals surface area contributed by atoms with Crippen molar-refractivity contribution in [3.05, 3.63) is 23.3 Å². The van der Waals surface area contributed by atoms with Crippen molar-refractivity contribution >= 4 is 11.9 Å². The number of carbonyl (C=O) groups is 2. The molecule has 0 amide bonds. The minimum atomic E-state index is -2.16. The van der Waals surface area contributed by atoms with E-state index in [4.69, 9.17) is 9.47 Å². The average Bonchev–Trinajstić information content (AvgIpc) is 3.34. The summed E-state index contributed by atoms with van der Waals surface area (Å²) in [5, 5.41) is 47.6. The minimum absolute atomic E-state index is 0.220. The summed E-state index contributed by atoms with van der Waals surface area (Å²) in [5.41, 5.74) is -4.21. The molecule has 4 aliphatic carbocycles. The van der Waals surface area contributed by atoms with E-state index in [-0.39, 0.29) is 30.5 Å². The number of hydrogen-bond acceptors (Lipinski definition) is 8. The summed E-state index contributed by atoms with van der Waals surface area (Å²) in [7, 11) is 0. The lowest BCUT2D eigenvalue weighted by Gasteiger charge is -2.51. The zero-order chi connectivity index (χ0) is 31.1. The van der Waals surface area contributed by atoms with Crippen LogP contribution in [0.1, 0.15) is 112 Å². The Labute approximate surface area is 251 Å². The molecule has 0 radical (unpaired) electrons. The molecule has 4 aliphatic rings. The molecule has 238 valence electrons. The molecule has 8 heteroatoms. The maximum absolute atomic E-state index is 13.3. The van der Waals surface area contributed by atoms with Crippen LogP contribution in [-0.2, 0) is 19.1 Å². The molecule has 2 bridgehead atoms. The van der Waals surface area contributed by atoms with E-state index >= 15 is 0 Å². The van der Waals surface area contributed by atoms with Crippen LogP contribution in [0.2, 0.25) is 0 Å². The topological polar surface area (TPSA) is 134 Å². The molecule has 9 atom stereocenters. The molecule has 0 aromatic rings. The second-order valence-corrected chi connectivity index (χ2v) is 14.2. The highest BCUT2D eigenvalue weighted by atomic mass is 16.6. The summed E-state index contributed by atoms with van der Waals surface area (Å²) in [6.07, 6.45) is 8.49. The first-order valence-corrected chi connectivity index (χ1v) is 16.3. The maximum atomic E-state index is 13.3. The van der Waals surface area contributed by atoms with Gasteiger partial charge in [-0.1, -0.05) is 85.3 Å². The van der Waals surface area contributed by atoms with Crippen molar-refractivity contribution in [1.29, 1.82) is 0 Å². The van der Waals surface area contributed by atoms with Gasteiger partial charge in [-0.25, -0.2) is 0 Å². The summed E-state index contributed by atoms with van der Waals surface area (Å²) < 4.78 is 11.9. The SMILES string of the molecule is CCCCCCCCCC(=O)O[C@@]12C[C@@H](C)[C@]34C=C(C)[C@H](O)[C@@]3(O)[C@H](O)C(COC(=O)CCC)=C[C@H](C4O)[C@@H]1C2(C)C. The molecule has 4 N–H and O–H groups in total. The largest absolute Gasteiger partial charge is 0.461 e. The van der Waals surface area contributed by atoms with E-state index in [1.165, 1.54) is 25.7 Å². The highest BCUT2D eigenvalue weighted by Gasteiger charge is 2.82. The third-order valence-corrected chi connectivity index (χ3v) is 11.3. The molecule has 0 aromatic heterocycles. The van der Waals surface area contributed by atoms with Gasteiger partial charge in [-0.05, 0) is 43.3 Å². The van der Waals surface area contributed by atoms with Crippen LogP contribution >= 0.6 is 0 Å². The lowest BCUT2D eigenvalue weighted by atomic mass is 9.58. The first kappa shape index (κ1) is 33.2. The Kier molecular flexibility index (Phi) is 9.74. The van der Waals surface area contributed by atoms with E-state index < -0.39 is 58.1 Å². The van der Waals surface area contributed by atoms with Gasteiger partial charge in [0.25, 0.3) is 0 Å². The Bertz CT molecular complexity index is 1080. The summed E-state index contributed by atoms with van der Waals surface area (Å²) in [5.74, 6) is -2.04. The number of unbranched alkanes of at least 4 members (excludes halogenated alkanes) is 6. The smallest absolute Gasteiger partial charge is 0.306 e. The summed E-state index contributed by atoms with van der Waals surface area (Å²) in [6.45, 7) is 11.5. The van der Waals surface area contributed by atoms with Gasteiger partial charge in [-0.2, -0.15) is 0 Å². The monoisotopic (exact) mass is 590 g/mol. The predicted octanol–water partition coefficient (Wildman–Crippen LogP) is 4.76. The number of fused-ring (bicyclic) bond motifs is 3. The zero-order valence-electron chi connectivity index (χ0n) is 26.5. The van der Waals surface area contributed by atoms with Crippen LogP contribution < -0.4 is 0 Å². The van der Waals surface area contributed by atoms with Gasteiger partial charge in [-0.15, -0.1) is 0 Å². The molecular formula is C34H54O8. The summed E-state index contributed by atoms with van der Waals surface area (Å²) >= 11 is 0. The summed E-state index contributed by atoms with van der Waals surface area (Å²) in [4.78, 5) is 25.5. The fourth-order valence-corrected chi connectivity index (χ4v) is 8.95. The van der Waals surface area contributed by atoms with Crippen LogP contribution in [0.25, 0.3) is 0 Å². The van der Waals surface area contributed by atoms with Crippen molar-refractivity contribution in [2.45, 2.75) is 142 Å². The molecule has 2 saturated carbocycles. The van der Waals surface area contributed by atoms with Gasteiger partial charge in [0.15, 0.2) is 0 Å². The number of rotatable bonds is 13. The van der Waals surface area contributed by atoms with Crippen molar-refractivity contribution in [3.8, 4) is 0 Å². The first-order chi connectivity index (χ1) is 19.8. The van der Waals surface area contributed by atoms with E-state index in [9.17, 15) is 30.0 Å². The quantitative estimate of drug-likeness (QED) is 0.137. The molecule has 1 spiro atoms. The molecule has 0 heterocycles. The Morgan fingerprint density at radius 1 is 0.929 bits per heavy atom. The van der Waals surface area contributed by atoms with Crippen molar-refractivity contribution in [1.82, 2.24) is 0 Å². The first-order valence-electron chi connectivity index (χ1n) is 16.3. The van der Waals surface area contributed by atoms with Crippen LogP contribution in [0.3, 0.4) is 0 Å². The molecule has 4 rings (SSSR count). The van der Waals surface area contributed by atoms with Crippen LogP contribution in [-0.4, -0.2) is 68.5 Å². The third-order valence-electron chi connectivity index (χ3n) is 11.3. The zero-order valence-corrected chi connectivity index (χ0v) is 26.5. The van der Waals surface area contributed by atoms with Crippen molar-refractivity contribution in [2.24, 2.45) is 28.6 Å². The Hall–Kier alpha value is -1.74. The number of esters is 2. The van der Waals surface area contributed by atoms with Crippen molar-refractivity contribution in [2.75, 3.05) is 6.61 Å². The Morgan fingerprint density at radius 2 is 1.57 bits per heavy atom. The minimum Gasteiger partial charge on any atom is -0.461 e. The molecule has 0 aliphatic heterocycles. The van der Waals surface area contributed by atoms with Crippen molar-refractivity contribution in [3.63, 3.8) is 0 Å². The summed E-state index contributed by atoms with van der Waals surface area (Å²) in [6, 6.07) is 0. The Morgan fingerprint density at radius 3 is 2.21 bits per heavy atom. The lowest BCUT2D eigenvalue weighted by Crippen LogP contribution is -2.66. The normalized spacial score (nSPS) is 39.7. The van der Waals surface area contributed by atoms with Gasteiger partial charge < -0.3 is 29.9 Å². The van der Waals surface area contributed by atoms with Gasteiger partial charge in [0.05, 0.1) is 11.5 Å². The number of ether oxygens (including phenoxy) is 2. The van der Waals surface area contributed by atoms with Gasteiger partial charge in [0.1, 0.15) is 30.0 Å². The highest BCUT2D eigenvalue weighted by molar-refractivity contribution is 5.71. The van der Waals surface area contributed by atoms with Gasteiger partial charge >= 0.3 is 11.9 Å². The number of aliphatic hydroxyl groups excluding tert-OH is 3. The van der Waals surface area contributed by atoms with E-state index in [0.717, 1.165) is 19.3 Å². The standard InChI is InChI=1S/C34H54O8/c1-7-9-10-11-12-13-14-16-26(36)42-33-19-22(4)32-18-21(3)28(37)34(32,40)29(38)23(20-41-25(35)15-8-2)17-24(30(32)39)27(33)31(33,5)6/h17-18,22,24,27-30,37-40H,7-16,19-20H2,1-6H3/t22-,24+,27-,28+,29-,30?,32+,33+,34-/m1/s1. The van der Waals surface area contributed by atoms with E-state index in [1.54, 1.807) is 19.1 Å². The van der Waals surface area contributed by atoms with Crippen LogP contribution in [0.4, 0.5) is 0 Å². The van der Waals surface area contributed by atoms with Gasteiger partial charge in [0.2, 0.25) is 0 Å². The van der Waals surface area contributed by atoms with Crippen LogP contribution in [0, 0.1) is 28.6 Å². The van der Waals surface area contributed by atoms with E-state index in [1.807, 2.05) is 27.7 Å². The molecule has 0 saturated heterocycles. The number of aliphatic hydroxyl groups is 4. The molecule has 2 fully saturated rings. The Balaban J connectivity index is 1.65. The molecule has 8 nitrogen and oxygen atoms in total. The van der Waals surface area contributed by atoms with Gasteiger partial charge in [0, 0.05) is 30.1 Å². The lowest BCUT2D eigenvalue weighted by molar-refractivity contribution is -0.217. The van der Waals surface area contributed by atoms with Crippen molar-refractivity contribution < 1.29 is 39.5 Å². The average molecular weight is 591 g/mol. The second kappa shape index (κ2) is 12.3. The fraction of sp³-hybridized carbons (Fsp3) is 0.824. The third kappa shape index (κ3) is 5.08. The molecular weight excluding hydrogens is 536 g/mol. The van der Waals surface area contributed by atoms with Crippen LogP contribution in [0.5, 0.6) is 0 Å². The maximum Gasteiger partial charge on any atom is 0.306 e. The predicted molar refractivity (Wildman–Crippen MR) is 159 cm³/mol. The number of carbonyl (C=O) groups excluding carboxylic acids is 2. The highest BCUT2D eigenvalue weighted by Crippen LogP contribution is 2.76. The van der Waals surface area contributed by atoms with Gasteiger partial charge in [-0.3, -0.25) is 9.59 Å². The van der Waals surface area contributed by atoms with E-state index in [0.29, 0.717) is 24.8 Å². The molecule has 0 aromatic carbocycles. The molecule has 42 heavy (non-hydrogen) atoms. The van der Waals surface area contributed by atoms with Crippen LogP contribution in [0.15, 0.2) is 23.3 Å². The fourth-order valence-electron chi connectivity index (χ4n) is 8.95.